The molecule has 0 saturated carbocycles. The number of nitrogens with zero attached hydrogens (tertiary/aromatic N) is 1. The summed E-state index contributed by atoms with van der Waals surface area (Å²) in [7, 11) is 1.65. The van der Waals surface area contributed by atoms with Crippen LogP contribution in [-0.4, -0.2) is 42.1 Å². The van der Waals surface area contributed by atoms with Gasteiger partial charge in [0.05, 0.1) is 16.5 Å². The fraction of sp³-hybridized carbons (Fsp3) is 0.500. The molecule has 100 valence electrons. The number of thioether (sulfide) groups is 1. The molecule has 4 nitrogen and oxygen atoms in total. The molecule has 1 heterocycles. The molecule has 1 aromatic heterocycles. The van der Waals surface area contributed by atoms with Crippen LogP contribution in [0.25, 0.3) is 0 Å². The molecular formula is C12H18N2O2S2. The van der Waals surface area contributed by atoms with Gasteiger partial charge in [-0.3, -0.25) is 9.59 Å². The molecule has 0 aliphatic heterocycles. The summed E-state index contributed by atoms with van der Waals surface area (Å²) in [5.41, 5.74) is 0. The predicted molar refractivity (Wildman–Crippen MR) is 76.0 cm³/mol. The van der Waals surface area contributed by atoms with Crippen molar-refractivity contribution >= 4 is 34.9 Å². The molecule has 0 radical (unpaired) electrons. The highest BCUT2D eigenvalue weighted by atomic mass is 32.2. The van der Waals surface area contributed by atoms with Crippen LogP contribution >= 0.6 is 23.1 Å². The van der Waals surface area contributed by atoms with Crippen molar-refractivity contribution in [1.29, 1.82) is 0 Å². The predicted octanol–water partition coefficient (Wildman–Crippen LogP) is 1.82. The molecule has 18 heavy (non-hydrogen) atoms. The van der Waals surface area contributed by atoms with Crippen molar-refractivity contribution < 1.29 is 9.59 Å². The molecule has 0 fully saturated rings. The van der Waals surface area contributed by atoms with E-state index in [9.17, 15) is 9.59 Å². The van der Waals surface area contributed by atoms with Crippen molar-refractivity contribution in [2.45, 2.75) is 24.1 Å². The third-order valence-electron chi connectivity index (χ3n) is 2.09. The average molecular weight is 286 g/mol. The lowest BCUT2D eigenvalue weighted by molar-refractivity contribution is -0.132. The number of amides is 2. The highest BCUT2D eigenvalue weighted by Crippen LogP contribution is 2.23. The van der Waals surface area contributed by atoms with Gasteiger partial charge in [0.15, 0.2) is 0 Å². The standard InChI is InChI=1S/C12H18N2O2S2/c1-9(2)13-10(15)7-14(3)11(16)8-18-12-5-4-6-17-12/h4-6,9H,7-8H2,1-3H3,(H,13,15). The van der Waals surface area contributed by atoms with E-state index in [-0.39, 0.29) is 24.4 Å². The molecule has 0 saturated heterocycles. The van der Waals surface area contributed by atoms with Gasteiger partial charge in [0.25, 0.3) is 0 Å². The van der Waals surface area contributed by atoms with Crippen LogP contribution < -0.4 is 5.32 Å². The Bertz CT molecular complexity index is 391. The Morgan fingerprint density at radius 2 is 2.22 bits per heavy atom. The molecule has 1 N–H and O–H groups in total. The first-order chi connectivity index (χ1) is 8.49. The first-order valence-electron chi connectivity index (χ1n) is 5.68. The second kappa shape index (κ2) is 7.43. The van der Waals surface area contributed by atoms with Crippen molar-refractivity contribution in [2.75, 3.05) is 19.3 Å². The van der Waals surface area contributed by atoms with Gasteiger partial charge in [-0.2, -0.15) is 0 Å². The summed E-state index contributed by atoms with van der Waals surface area (Å²) in [6.07, 6.45) is 0. The number of rotatable bonds is 6. The van der Waals surface area contributed by atoms with E-state index in [4.69, 9.17) is 0 Å². The van der Waals surface area contributed by atoms with Gasteiger partial charge in [0.1, 0.15) is 0 Å². The van der Waals surface area contributed by atoms with Gasteiger partial charge in [-0.05, 0) is 25.3 Å². The van der Waals surface area contributed by atoms with E-state index >= 15 is 0 Å². The van der Waals surface area contributed by atoms with Crippen molar-refractivity contribution in [1.82, 2.24) is 10.2 Å². The van der Waals surface area contributed by atoms with E-state index in [0.717, 1.165) is 4.21 Å². The molecule has 1 aromatic rings. The Labute approximate surface area is 116 Å². The largest absolute Gasteiger partial charge is 0.352 e. The lowest BCUT2D eigenvalue weighted by Crippen LogP contribution is -2.41. The van der Waals surface area contributed by atoms with Gasteiger partial charge < -0.3 is 10.2 Å². The minimum atomic E-state index is -0.123. The van der Waals surface area contributed by atoms with Gasteiger partial charge in [-0.1, -0.05) is 6.07 Å². The van der Waals surface area contributed by atoms with Crippen molar-refractivity contribution in [3.8, 4) is 0 Å². The molecule has 0 atom stereocenters. The van der Waals surface area contributed by atoms with Crippen LogP contribution in [0.1, 0.15) is 13.8 Å². The Morgan fingerprint density at radius 3 is 2.78 bits per heavy atom. The van der Waals surface area contributed by atoms with Crippen LogP contribution in [-0.2, 0) is 9.59 Å². The molecule has 0 aliphatic rings. The van der Waals surface area contributed by atoms with Crippen molar-refractivity contribution in [3.05, 3.63) is 17.5 Å². The number of likely N-dealkylation sites (N-methyl/N-ethyl adjacent to an activating group) is 1. The topological polar surface area (TPSA) is 49.4 Å². The highest BCUT2D eigenvalue weighted by Gasteiger charge is 2.13. The molecule has 6 heteroatoms. The first kappa shape index (κ1) is 15.0. The second-order valence-corrected chi connectivity index (χ2v) is 6.42. The summed E-state index contributed by atoms with van der Waals surface area (Å²) in [4.78, 5) is 24.7. The minimum Gasteiger partial charge on any atom is -0.352 e. The summed E-state index contributed by atoms with van der Waals surface area (Å²) in [6, 6.07) is 4.03. The van der Waals surface area contributed by atoms with Crippen molar-refractivity contribution in [2.24, 2.45) is 0 Å². The lowest BCUT2D eigenvalue weighted by atomic mass is 10.4. The van der Waals surface area contributed by atoms with E-state index in [0.29, 0.717) is 5.75 Å². The van der Waals surface area contributed by atoms with Gasteiger partial charge >= 0.3 is 0 Å². The number of nitrogens with one attached hydrogen (secondary N) is 1. The number of carbonyl (C=O) groups excluding carboxylic acids is 2. The Kier molecular flexibility index (Phi) is 6.21. The molecule has 2 amide bonds. The Morgan fingerprint density at radius 1 is 1.50 bits per heavy atom. The second-order valence-electron chi connectivity index (χ2n) is 4.19. The third kappa shape index (κ3) is 5.55. The lowest BCUT2D eigenvalue weighted by Gasteiger charge is -2.17. The Hall–Kier alpha value is -1.01. The normalized spacial score (nSPS) is 10.4. The fourth-order valence-corrected chi connectivity index (χ4v) is 2.98. The van der Waals surface area contributed by atoms with Crippen LogP contribution in [0.5, 0.6) is 0 Å². The molecule has 0 spiro atoms. The molecule has 0 aromatic carbocycles. The zero-order chi connectivity index (χ0) is 13.5. The van der Waals surface area contributed by atoms with E-state index in [1.807, 2.05) is 31.4 Å². The number of carbonyl (C=O) groups is 2. The summed E-state index contributed by atoms with van der Waals surface area (Å²) in [6.45, 7) is 3.90. The van der Waals surface area contributed by atoms with Crippen LogP contribution in [0.3, 0.4) is 0 Å². The summed E-state index contributed by atoms with van der Waals surface area (Å²) in [5.74, 6) is 0.209. The maximum absolute atomic E-state index is 11.8. The monoisotopic (exact) mass is 286 g/mol. The summed E-state index contributed by atoms with van der Waals surface area (Å²) >= 11 is 3.11. The van der Waals surface area contributed by atoms with E-state index < -0.39 is 0 Å². The van der Waals surface area contributed by atoms with E-state index in [1.54, 1.807) is 18.4 Å². The summed E-state index contributed by atoms with van der Waals surface area (Å²) < 4.78 is 1.11. The average Bonchev–Trinajstić information content (AvgIpc) is 2.77. The van der Waals surface area contributed by atoms with Crippen LogP contribution in [0.4, 0.5) is 0 Å². The smallest absolute Gasteiger partial charge is 0.239 e. The third-order valence-corrected chi connectivity index (χ3v) is 4.20. The number of hydrogen-bond acceptors (Lipinski definition) is 4. The van der Waals surface area contributed by atoms with Gasteiger partial charge in [0.2, 0.25) is 11.8 Å². The molecular weight excluding hydrogens is 268 g/mol. The molecule has 1 rings (SSSR count). The first-order valence-corrected chi connectivity index (χ1v) is 7.55. The molecule has 0 aliphatic carbocycles. The minimum absolute atomic E-state index is 0.0349. The van der Waals surface area contributed by atoms with E-state index in [2.05, 4.69) is 5.32 Å². The van der Waals surface area contributed by atoms with Crippen LogP contribution in [0.2, 0.25) is 0 Å². The number of thiophene rings is 1. The van der Waals surface area contributed by atoms with Crippen LogP contribution in [0.15, 0.2) is 21.7 Å². The van der Waals surface area contributed by atoms with Crippen molar-refractivity contribution in [3.63, 3.8) is 0 Å². The van der Waals surface area contributed by atoms with Crippen LogP contribution in [0, 0.1) is 0 Å². The van der Waals surface area contributed by atoms with Gasteiger partial charge in [0, 0.05) is 13.1 Å². The number of hydrogen-bond donors (Lipinski definition) is 1. The Balaban J connectivity index is 2.30. The van der Waals surface area contributed by atoms with Gasteiger partial charge in [-0.25, -0.2) is 0 Å². The SMILES string of the molecule is CC(C)NC(=O)CN(C)C(=O)CSc1cccs1. The maximum Gasteiger partial charge on any atom is 0.239 e. The zero-order valence-electron chi connectivity index (χ0n) is 10.8. The van der Waals surface area contributed by atoms with Gasteiger partial charge in [-0.15, -0.1) is 23.1 Å². The quantitative estimate of drug-likeness (QED) is 0.812. The molecule has 0 bridgehead atoms. The fourth-order valence-electron chi connectivity index (χ4n) is 1.26. The maximum atomic E-state index is 11.8. The zero-order valence-corrected chi connectivity index (χ0v) is 12.4. The van der Waals surface area contributed by atoms with E-state index in [1.165, 1.54) is 16.7 Å². The summed E-state index contributed by atoms with van der Waals surface area (Å²) in [5, 5.41) is 4.74. The molecule has 0 unspecified atom stereocenters. The highest BCUT2D eigenvalue weighted by molar-refractivity contribution is 8.01.